The van der Waals surface area contributed by atoms with Crippen molar-refractivity contribution in [1.82, 2.24) is 5.32 Å². The summed E-state index contributed by atoms with van der Waals surface area (Å²) < 4.78 is 5.52. The van der Waals surface area contributed by atoms with Gasteiger partial charge in [0, 0.05) is 12.1 Å². The molecular weight excluding hydrogens is 278 g/mol. The number of nitrogens with one attached hydrogen (secondary N) is 1. The van der Waals surface area contributed by atoms with Crippen molar-refractivity contribution in [3.05, 3.63) is 52.6 Å². The minimum atomic E-state index is -0.0851. The van der Waals surface area contributed by atoms with Crippen LogP contribution < -0.4 is 10.1 Å². The molecule has 0 spiro atoms. The lowest BCUT2D eigenvalue weighted by Gasteiger charge is -2.29. The Morgan fingerprint density at radius 3 is 2.64 bits per heavy atom. The third-order valence-corrected chi connectivity index (χ3v) is 4.30. The van der Waals surface area contributed by atoms with E-state index >= 15 is 0 Å². The molecular formula is C18H21NO3. The summed E-state index contributed by atoms with van der Waals surface area (Å²) in [7, 11) is 1.67. The van der Waals surface area contributed by atoms with Crippen LogP contribution in [0, 0.1) is 0 Å². The van der Waals surface area contributed by atoms with E-state index in [2.05, 4.69) is 24.4 Å². The Kier molecular flexibility index (Phi) is 3.94. The first-order valence-electron chi connectivity index (χ1n) is 7.59. The third-order valence-electron chi connectivity index (χ3n) is 4.30. The molecule has 1 aliphatic rings. The molecule has 0 radical (unpaired) electrons. The van der Waals surface area contributed by atoms with E-state index in [0.717, 1.165) is 41.8 Å². The lowest BCUT2D eigenvalue weighted by atomic mass is 9.88. The molecule has 1 unspecified atom stereocenters. The fraction of sp³-hybridized carbons (Fsp3) is 0.333. The van der Waals surface area contributed by atoms with Gasteiger partial charge in [0.15, 0.2) is 11.5 Å². The van der Waals surface area contributed by atoms with Gasteiger partial charge in [-0.1, -0.05) is 19.1 Å². The van der Waals surface area contributed by atoms with Crippen LogP contribution in [-0.4, -0.2) is 23.9 Å². The lowest BCUT2D eigenvalue weighted by Crippen LogP contribution is -2.30. The number of phenols is 2. The Balaban J connectivity index is 2.13. The van der Waals surface area contributed by atoms with E-state index < -0.39 is 0 Å². The van der Waals surface area contributed by atoms with Crippen LogP contribution in [0.2, 0.25) is 0 Å². The topological polar surface area (TPSA) is 61.7 Å². The number of rotatable bonds is 3. The number of ether oxygens (including phenoxy) is 1. The van der Waals surface area contributed by atoms with Crippen LogP contribution in [-0.2, 0) is 12.8 Å². The van der Waals surface area contributed by atoms with Gasteiger partial charge in [0.1, 0.15) is 5.75 Å². The maximum Gasteiger partial charge on any atom is 0.157 e. The summed E-state index contributed by atoms with van der Waals surface area (Å²) in [6.45, 7) is 2.94. The fourth-order valence-corrected chi connectivity index (χ4v) is 3.09. The van der Waals surface area contributed by atoms with Crippen LogP contribution in [0.5, 0.6) is 17.2 Å². The smallest absolute Gasteiger partial charge is 0.157 e. The predicted molar refractivity (Wildman–Crippen MR) is 85.7 cm³/mol. The maximum absolute atomic E-state index is 9.86. The molecule has 22 heavy (non-hydrogen) atoms. The average molecular weight is 299 g/mol. The van der Waals surface area contributed by atoms with Gasteiger partial charge in [-0.3, -0.25) is 0 Å². The zero-order valence-corrected chi connectivity index (χ0v) is 12.9. The molecule has 0 aliphatic carbocycles. The molecule has 2 aromatic rings. The lowest BCUT2D eigenvalue weighted by molar-refractivity contribution is 0.395. The number of aromatic hydroxyl groups is 2. The normalized spacial score (nSPS) is 17.1. The highest BCUT2D eigenvalue weighted by Crippen LogP contribution is 2.39. The van der Waals surface area contributed by atoms with Gasteiger partial charge in [-0.25, -0.2) is 0 Å². The molecule has 0 saturated heterocycles. The minimum absolute atomic E-state index is 0.0447. The summed E-state index contributed by atoms with van der Waals surface area (Å²) >= 11 is 0. The van der Waals surface area contributed by atoms with E-state index in [-0.39, 0.29) is 17.5 Å². The van der Waals surface area contributed by atoms with Crippen LogP contribution in [0.4, 0.5) is 0 Å². The SMILES string of the molecule is CCc1ccc(OC)c(C2NCCc3cc(O)c(O)cc32)c1. The van der Waals surface area contributed by atoms with Crippen molar-refractivity contribution < 1.29 is 14.9 Å². The van der Waals surface area contributed by atoms with Crippen molar-refractivity contribution in [3.8, 4) is 17.2 Å². The monoisotopic (exact) mass is 299 g/mol. The van der Waals surface area contributed by atoms with E-state index in [4.69, 9.17) is 4.74 Å². The Hall–Kier alpha value is -2.20. The van der Waals surface area contributed by atoms with Gasteiger partial charge in [-0.2, -0.15) is 0 Å². The van der Waals surface area contributed by atoms with Gasteiger partial charge in [0.05, 0.1) is 13.2 Å². The molecule has 0 bridgehead atoms. The molecule has 2 aromatic carbocycles. The van der Waals surface area contributed by atoms with Crippen molar-refractivity contribution in [1.29, 1.82) is 0 Å². The zero-order chi connectivity index (χ0) is 15.7. The highest BCUT2D eigenvalue weighted by Gasteiger charge is 2.25. The first-order chi connectivity index (χ1) is 10.6. The molecule has 0 aromatic heterocycles. The van der Waals surface area contributed by atoms with Crippen LogP contribution in [0.3, 0.4) is 0 Å². The van der Waals surface area contributed by atoms with Crippen molar-refractivity contribution in [2.75, 3.05) is 13.7 Å². The summed E-state index contributed by atoms with van der Waals surface area (Å²) in [4.78, 5) is 0. The quantitative estimate of drug-likeness (QED) is 0.763. The van der Waals surface area contributed by atoms with E-state index in [1.54, 1.807) is 19.2 Å². The van der Waals surface area contributed by atoms with Gasteiger partial charge < -0.3 is 20.3 Å². The molecule has 0 fully saturated rings. The zero-order valence-electron chi connectivity index (χ0n) is 12.9. The number of fused-ring (bicyclic) bond motifs is 1. The molecule has 3 N–H and O–H groups in total. The van der Waals surface area contributed by atoms with E-state index in [1.165, 1.54) is 5.56 Å². The highest BCUT2D eigenvalue weighted by atomic mass is 16.5. The number of aryl methyl sites for hydroxylation is 1. The fourth-order valence-electron chi connectivity index (χ4n) is 3.09. The molecule has 1 heterocycles. The molecule has 0 amide bonds. The number of methoxy groups -OCH3 is 1. The van der Waals surface area contributed by atoms with Gasteiger partial charge >= 0.3 is 0 Å². The molecule has 1 aliphatic heterocycles. The van der Waals surface area contributed by atoms with Crippen LogP contribution in [0.25, 0.3) is 0 Å². The Morgan fingerprint density at radius 1 is 1.14 bits per heavy atom. The third kappa shape index (κ3) is 2.50. The Morgan fingerprint density at radius 2 is 1.91 bits per heavy atom. The predicted octanol–water partition coefficient (Wildman–Crippen LogP) is 2.90. The summed E-state index contributed by atoms with van der Waals surface area (Å²) in [6.07, 6.45) is 1.78. The van der Waals surface area contributed by atoms with Crippen LogP contribution in [0.1, 0.15) is 35.2 Å². The summed E-state index contributed by atoms with van der Waals surface area (Å²) in [5.74, 6) is 0.682. The first kappa shape index (κ1) is 14.7. The number of hydrogen-bond acceptors (Lipinski definition) is 4. The van der Waals surface area contributed by atoms with Gasteiger partial charge in [-0.05, 0) is 47.7 Å². The van der Waals surface area contributed by atoms with Gasteiger partial charge in [-0.15, -0.1) is 0 Å². The molecule has 4 heteroatoms. The van der Waals surface area contributed by atoms with Crippen LogP contribution in [0.15, 0.2) is 30.3 Å². The largest absolute Gasteiger partial charge is 0.504 e. The maximum atomic E-state index is 9.86. The summed E-state index contributed by atoms with van der Waals surface area (Å²) in [5, 5.41) is 23.1. The van der Waals surface area contributed by atoms with E-state index in [0.29, 0.717) is 0 Å². The molecule has 4 nitrogen and oxygen atoms in total. The second-order valence-electron chi connectivity index (χ2n) is 5.61. The summed E-state index contributed by atoms with van der Waals surface area (Å²) in [5.41, 5.74) is 4.36. The van der Waals surface area contributed by atoms with Gasteiger partial charge in [0.25, 0.3) is 0 Å². The number of hydrogen-bond donors (Lipinski definition) is 3. The van der Waals surface area contributed by atoms with E-state index in [9.17, 15) is 10.2 Å². The molecule has 0 saturated carbocycles. The van der Waals surface area contributed by atoms with Crippen molar-refractivity contribution in [2.45, 2.75) is 25.8 Å². The standard InChI is InChI=1S/C18H21NO3/c1-3-11-4-5-17(22-2)14(8-11)18-13-10-16(21)15(20)9-12(13)6-7-19-18/h4-5,8-10,18-21H,3,6-7H2,1-2H3. The molecule has 1 atom stereocenters. The van der Waals surface area contributed by atoms with Crippen molar-refractivity contribution in [2.24, 2.45) is 0 Å². The average Bonchev–Trinajstić information content (AvgIpc) is 2.55. The second kappa shape index (κ2) is 5.89. The number of phenolic OH excluding ortho intramolecular Hbond substituents is 2. The Bertz CT molecular complexity index is 697. The highest BCUT2D eigenvalue weighted by molar-refractivity contribution is 5.52. The second-order valence-corrected chi connectivity index (χ2v) is 5.61. The molecule has 3 rings (SSSR count). The van der Waals surface area contributed by atoms with Gasteiger partial charge in [0.2, 0.25) is 0 Å². The summed E-state index contributed by atoms with van der Waals surface area (Å²) in [6, 6.07) is 9.48. The molecule has 116 valence electrons. The number of benzene rings is 2. The van der Waals surface area contributed by atoms with Crippen LogP contribution >= 0.6 is 0 Å². The van der Waals surface area contributed by atoms with E-state index in [1.807, 2.05) is 6.07 Å². The van der Waals surface area contributed by atoms with Crippen molar-refractivity contribution >= 4 is 0 Å². The minimum Gasteiger partial charge on any atom is -0.504 e. The first-order valence-corrected chi connectivity index (χ1v) is 7.59. The van der Waals surface area contributed by atoms with Crippen molar-refractivity contribution in [3.63, 3.8) is 0 Å². The Labute approximate surface area is 130 Å².